The van der Waals surface area contributed by atoms with E-state index in [0.29, 0.717) is 12.2 Å². The highest BCUT2D eigenvalue weighted by atomic mass is 16.5. The van der Waals surface area contributed by atoms with Gasteiger partial charge in [0.25, 0.3) is 5.91 Å². The normalized spacial score (nSPS) is 14.0. The van der Waals surface area contributed by atoms with E-state index in [0.717, 1.165) is 48.6 Å². The Balaban J connectivity index is 1.46. The second-order valence-electron chi connectivity index (χ2n) is 7.91. The van der Waals surface area contributed by atoms with Gasteiger partial charge in [-0.05, 0) is 54.3 Å². The van der Waals surface area contributed by atoms with Crippen molar-refractivity contribution in [2.45, 2.75) is 32.3 Å². The minimum atomic E-state index is 0.0954. The molecule has 4 heteroatoms. The van der Waals surface area contributed by atoms with Crippen molar-refractivity contribution in [1.82, 2.24) is 4.90 Å². The van der Waals surface area contributed by atoms with Crippen LogP contribution in [0.4, 0.5) is 0 Å². The van der Waals surface area contributed by atoms with Crippen molar-refractivity contribution in [3.63, 3.8) is 0 Å². The summed E-state index contributed by atoms with van der Waals surface area (Å²) >= 11 is 0. The molecule has 0 unspecified atom stereocenters. The third-order valence-corrected chi connectivity index (χ3v) is 5.78. The van der Waals surface area contributed by atoms with Crippen molar-refractivity contribution in [2.75, 3.05) is 20.2 Å². The second-order valence-corrected chi connectivity index (χ2v) is 7.91. The first kappa shape index (κ1) is 21.0. The van der Waals surface area contributed by atoms with Crippen LogP contribution in [0.5, 0.6) is 11.5 Å². The number of hydrogen-bond donors (Lipinski definition) is 0. The molecular formula is C27H29NO3. The number of carbonyl (C=O) groups excluding carboxylic acids is 1. The van der Waals surface area contributed by atoms with Crippen LogP contribution in [0.25, 0.3) is 11.1 Å². The molecule has 0 aromatic heterocycles. The van der Waals surface area contributed by atoms with Crippen LogP contribution in [-0.4, -0.2) is 31.0 Å². The maximum atomic E-state index is 13.0. The number of amides is 1. The zero-order valence-corrected chi connectivity index (χ0v) is 18.0. The Hall–Kier alpha value is -3.27. The molecule has 31 heavy (non-hydrogen) atoms. The Kier molecular flexibility index (Phi) is 6.88. The molecule has 1 aliphatic heterocycles. The molecule has 1 fully saturated rings. The van der Waals surface area contributed by atoms with E-state index >= 15 is 0 Å². The highest BCUT2D eigenvalue weighted by Crippen LogP contribution is 2.26. The third kappa shape index (κ3) is 5.26. The van der Waals surface area contributed by atoms with Gasteiger partial charge in [0.1, 0.15) is 18.1 Å². The maximum Gasteiger partial charge on any atom is 0.253 e. The third-order valence-electron chi connectivity index (χ3n) is 5.78. The summed E-state index contributed by atoms with van der Waals surface area (Å²) in [7, 11) is 1.64. The maximum absolute atomic E-state index is 13.0. The van der Waals surface area contributed by atoms with E-state index in [-0.39, 0.29) is 5.91 Å². The van der Waals surface area contributed by atoms with Gasteiger partial charge in [0.05, 0.1) is 7.11 Å². The summed E-state index contributed by atoms with van der Waals surface area (Å²) in [5.74, 6) is 1.61. The van der Waals surface area contributed by atoms with Crippen LogP contribution in [0.15, 0.2) is 72.8 Å². The Labute approximate surface area is 184 Å². The molecule has 0 radical (unpaired) electrons. The van der Waals surface area contributed by atoms with Crippen LogP contribution < -0.4 is 9.47 Å². The molecule has 0 N–H and O–H groups in total. The summed E-state index contributed by atoms with van der Waals surface area (Å²) in [5.41, 5.74) is 3.89. The van der Waals surface area contributed by atoms with Crippen molar-refractivity contribution < 1.29 is 14.3 Å². The van der Waals surface area contributed by atoms with Gasteiger partial charge in [0.15, 0.2) is 0 Å². The fourth-order valence-electron chi connectivity index (χ4n) is 4.02. The smallest absolute Gasteiger partial charge is 0.253 e. The quantitative estimate of drug-likeness (QED) is 0.499. The van der Waals surface area contributed by atoms with Gasteiger partial charge < -0.3 is 14.4 Å². The van der Waals surface area contributed by atoms with Crippen molar-refractivity contribution in [2.24, 2.45) is 0 Å². The lowest BCUT2D eigenvalue weighted by Gasteiger charge is -2.21. The Morgan fingerprint density at radius 1 is 0.839 bits per heavy atom. The van der Waals surface area contributed by atoms with Gasteiger partial charge in [-0.15, -0.1) is 0 Å². The monoisotopic (exact) mass is 415 g/mol. The lowest BCUT2D eigenvalue weighted by atomic mass is 10.1. The van der Waals surface area contributed by atoms with E-state index in [1.807, 2.05) is 53.4 Å². The van der Waals surface area contributed by atoms with Crippen LogP contribution in [0.2, 0.25) is 0 Å². The predicted octanol–water partition coefficient (Wildman–Crippen LogP) is 5.96. The van der Waals surface area contributed by atoms with Crippen molar-refractivity contribution in [3.8, 4) is 22.6 Å². The van der Waals surface area contributed by atoms with Crippen LogP contribution in [-0.2, 0) is 6.61 Å². The topological polar surface area (TPSA) is 38.8 Å². The summed E-state index contributed by atoms with van der Waals surface area (Å²) in [6.45, 7) is 2.02. The molecule has 3 aromatic carbocycles. The first-order valence-corrected chi connectivity index (χ1v) is 11.0. The Bertz CT molecular complexity index is 991. The molecule has 3 aromatic rings. The minimum Gasteiger partial charge on any atom is -0.496 e. The van der Waals surface area contributed by atoms with E-state index in [9.17, 15) is 4.79 Å². The van der Waals surface area contributed by atoms with Gasteiger partial charge in [0.2, 0.25) is 0 Å². The van der Waals surface area contributed by atoms with E-state index in [1.54, 1.807) is 7.11 Å². The van der Waals surface area contributed by atoms with Gasteiger partial charge in [-0.1, -0.05) is 55.3 Å². The van der Waals surface area contributed by atoms with Gasteiger partial charge in [-0.3, -0.25) is 4.79 Å². The van der Waals surface area contributed by atoms with Crippen molar-refractivity contribution in [3.05, 3.63) is 83.9 Å². The van der Waals surface area contributed by atoms with E-state index in [2.05, 4.69) is 24.3 Å². The van der Waals surface area contributed by atoms with Gasteiger partial charge in [-0.2, -0.15) is 0 Å². The number of likely N-dealkylation sites (tertiary alicyclic amines) is 1. The molecule has 0 spiro atoms. The SMILES string of the molecule is COc1ccc(C(=O)N2CCCCCC2)cc1COc1ccc(-c2ccccc2)cc1. The standard InChI is InChI=1S/C27H29NO3/c1-30-26-16-13-23(27(29)28-17-7-2-3-8-18-28)19-24(26)20-31-25-14-11-22(12-15-25)21-9-5-4-6-10-21/h4-6,9-16,19H,2-3,7-8,17-18,20H2,1H3. The van der Waals surface area contributed by atoms with Gasteiger partial charge in [0, 0.05) is 24.2 Å². The summed E-state index contributed by atoms with van der Waals surface area (Å²) in [5, 5.41) is 0. The molecule has 0 atom stereocenters. The first-order chi connectivity index (χ1) is 15.2. The molecule has 1 heterocycles. The van der Waals surface area contributed by atoms with Gasteiger partial charge in [-0.25, -0.2) is 0 Å². The molecule has 4 nitrogen and oxygen atoms in total. The molecule has 4 rings (SSSR count). The minimum absolute atomic E-state index is 0.0954. The van der Waals surface area contributed by atoms with Gasteiger partial charge >= 0.3 is 0 Å². The van der Waals surface area contributed by atoms with Crippen molar-refractivity contribution >= 4 is 5.91 Å². The second kappa shape index (κ2) is 10.2. The van der Waals surface area contributed by atoms with E-state index in [1.165, 1.54) is 18.4 Å². The summed E-state index contributed by atoms with van der Waals surface area (Å²) < 4.78 is 11.5. The average Bonchev–Trinajstić information content (AvgIpc) is 3.13. The van der Waals surface area contributed by atoms with E-state index in [4.69, 9.17) is 9.47 Å². The van der Waals surface area contributed by atoms with Crippen LogP contribution in [0.1, 0.15) is 41.6 Å². The highest BCUT2D eigenvalue weighted by Gasteiger charge is 2.19. The largest absolute Gasteiger partial charge is 0.496 e. The summed E-state index contributed by atoms with van der Waals surface area (Å²) in [6.07, 6.45) is 4.57. The Morgan fingerprint density at radius 3 is 2.19 bits per heavy atom. The molecule has 1 amide bonds. The Morgan fingerprint density at radius 2 is 1.52 bits per heavy atom. The molecular weight excluding hydrogens is 386 g/mol. The lowest BCUT2D eigenvalue weighted by Crippen LogP contribution is -2.31. The number of benzene rings is 3. The van der Waals surface area contributed by atoms with Crippen LogP contribution >= 0.6 is 0 Å². The molecule has 0 bridgehead atoms. The fourth-order valence-corrected chi connectivity index (χ4v) is 4.02. The fraction of sp³-hybridized carbons (Fsp3) is 0.296. The number of ether oxygens (including phenoxy) is 2. The highest BCUT2D eigenvalue weighted by molar-refractivity contribution is 5.94. The average molecular weight is 416 g/mol. The zero-order valence-electron chi connectivity index (χ0n) is 18.0. The molecule has 0 aliphatic carbocycles. The molecule has 160 valence electrons. The number of hydrogen-bond acceptors (Lipinski definition) is 3. The number of nitrogens with zero attached hydrogens (tertiary/aromatic N) is 1. The van der Waals surface area contributed by atoms with Crippen LogP contribution in [0.3, 0.4) is 0 Å². The number of methoxy groups -OCH3 is 1. The predicted molar refractivity (Wildman–Crippen MR) is 124 cm³/mol. The molecule has 1 aliphatic rings. The lowest BCUT2D eigenvalue weighted by molar-refractivity contribution is 0.0761. The van der Waals surface area contributed by atoms with Crippen molar-refractivity contribution in [1.29, 1.82) is 0 Å². The number of rotatable bonds is 6. The zero-order chi connectivity index (χ0) is 21.5. The summed E-state index contributed by atoms with van der Waals surface area (Å²) in [4.78, 5) is 15.0. The van der Waals surface area contributed by atoms with E-state index < -0.39 is 0 Å². The summed E-state index contributed by atoms with van der Waals surface area (Å²) in [6, 6.07) is 23.9. The number of carbonyl (C=O) groups is 1. The molecule has 1 saturated heterocycles. The van der Waals surface area contributed by atoms with Crippen LogP contribution in [0, 0.1) is 0 Å². The molecule has 0 saturated carbocycles. The first-order valence-electron chi connectivity index (χ1n) is 11.0.